The van der Waals surface area contributed by atoms with Gasteiger partial charge in [0.25, 0.3) is 0 Å². The molecule has 0 aliphatic carbocycles. The second kappa shape index (κ2) is 2.97. The molecular formula is C7H6F3NS. The van der Waals surface area contributed by atoms with Crippen LogP contribution in [0.15, 0.2) is 17.2 Å². The first kappa shape index (κ1) is 9.38. The number of rotatable bonds is 0. The maximum atomic E-state index is 12.1. The highest BCUT2D eigenvalue weighted by molar-refractivity contribution is 7.80. The third kappa shape index (κ3) is 1.91. The molecule has 1 rings (SSSR count). The van der Waals surface area contributed by atoms with Crippen LogP contribution in [0, 0.1) is 6.92 Å². The average Bonchev–Trinajstić information content (AvgIpc) is 1.83. The van der Waals surface area contributed by atoms with E-state index in [1.807, 2.05) is 0 Å². The molecule has 0 fully saturated rings. The largest absolute Gasteiger partial charge is 0.418 e. The predicted molar refractivity (Wildman–Crippen MR) is 41.2 cm³/mol. The van der Waals surface area contributed by atoms with Crippen molar-refractivity contribution in [1.29, 1.82) is 0 Å². The first-order chi connectivity index (χ1) is 5.41. The van der Waals surface area contributed by atoms with Gasteiger partial charge in [-0.05, 0) is 19.1 Å². The second-order valence-electron chi connectivity index (χ2n) is 2.30. The van der Waals surface area contributed by atoms with Gasteiger partial charge in [-0.1, -0.05) is 0 Å². The summed E-state index contributed by atoms with van der Waals surface area (Å²) in [5.41, 5.74) is -0.754. The summed E-state index contributed by atoms with van der Waals surface area (Å²) in [5, 5.41) is 0.292. The fourth-order valence-electron chi connectivity index (χ4n) is 0.847. The molecule has 0 radical (unpaired) electrons. The fraction of sp³-hybridized carbons (Fsp3) is 0.286. The van der Waals surface area contributed by atoms with Gasteiger partial charge in [-0.3, -0.25) is 0 Å². The lowest BCUT2D eigenvalue weighted by molar-refractivity contribution is -0.138. The lowest BCUT2D eigenvalue weighted by atomic mass is 10.2. The van der Waals surface area contributed by atoms with E-state index in [1.54, 1.807) is 0 Å². The highest BCUT2D eigenvalue weighted by atomic mass is 32.1. The molecule has 66 valence electrons. The van der Waals surface area contributed by atoms with Gasteiger partial charge in [-0.2, -0.15) is 13.2 Å². The Labute approximate surface area is 73.0 Å². The van der Waals surface area contributed by atoms with Crippen LogP contribution in [0.1, 0.15) is 11.3 Å². The smallest absolute Gasteiger partial charge is 0.246 e. The van der Waals surface area contributed by atoms with Crippen LogP contribution in [0.5, 0.6) is 0 Å². The summed E-state index contributed by atoms with van der Waals surface area (Å²) in [6.07, 6.45) is -4.32. The Morgan fingerprint density at radius 3 is 2.33 bits per heavy atom. The molecule has 5 heteroatoms. The Hall–Kier alpha value is -0.710. The molecule has 1 aromatic rings. The zero-order chi connectivity index (χ0) is 9.35. The summed E-state index contributed by atoms with van der Waals surface area (Å²) in [7, 11) is 0. The number of nitrogens with zero attached hydrogens (tertiary/aromatic N) is 1. The number of aryl methyl sites for hydroxylation is 1. The van der Waals surface area contributed by atoms with Crippen LogP contribution in [-0.4, -0.2) is 4.98 Å². The summed E-state index contributed by atoms with van der Waals surface area (Å²) in [6, 6.07) is 2.20. The van der Waals surface area contributed by atoms with Crippen LogP contribution >= 0.6 is 12.6 Å². The number of hydrogen-bond donors (Lipinski definition) is 1. The Kier molecular flexibility index (Phi) is 2.32. The minimum absolute atomic E-state index is 0.0463. The number of pyridine rings is 1. The van der Waals surface area contributed by atoms with Gasteiger partial charge in [0, 0.05) is 0 Å². The number of alkyl halides is 3. The van der Waals surface area contributed by atoms with Gasteiger partial charge in [-0.25, -0.2) is 4.98 Å². The molecule has 0 aliphatic rings. The Bertz CT molecular complexity index is 295. The van der Waals surface area contributed by atoms with Crippen LogP contribution in [0.25, 0.3) is 0 Å². The van der Waals surface area contributed by atoms with Crippen molar-refractivity contribution in [2.75, 3.05) is 0 Å². The molecule has 0 atom stereocenters. The van der Waals surface area contributed by atoms with Crippen molar-refractivity contribution in [2.24, 2.45) is 0 Å². The molecule has 0 N–H and O–H groups in total. The quantitative estimate of drug-likeness (QED) is 0.625. The van der Waals surface area contributed by atoms with Gasteiger partial charge in [0.2, 0.25) is 0 Å². The topological polar surface area (TPSA) is 12.9 Å². The monoisotopic (exact) mass is 193 g/mol. The Balaban J connectivity index is 3.19. The molecule has 0 bridgehead atoms. The van der Waals surface area contributed by atoms with Gasteiger partial charge in [0.1, 0.15) is 0 Å². The van der Waals surface area contributed by atoms with E-state index in [9.17, 15) is 13.2 Å². The molecule has 0 spiro atoms. The maximum Gasteiger partial charge on any atom is 0.418 e. The second-order valence-corrected chi connectivity index (χ2v) is 2.76. The van der Waals surface area contributed by atoms with Crippen molar-refractivity contribution in [3.63, 3.8) is 0 Å². The molecule has 0 unspecified atom stereocenters. The van der Waals surface area contributed by atoms with E-state index in [2.05, 4.69) is 17.6 Å². The Morgan fingerprint density at radius 1 is 1.33 bits per heavy atom. The zero-order valence-electron chi connectivity index (χ0n) is 6.18. The first-order valence-corrected chi connectivity index (χ1v) is 3.60. The molecule has 1 aromatic heterocycles. The molecule has 1 nitrogen and oxygen atoms in total. The molecular weight excluding hydrogens is 187 g/mol. The van der Waals surface area contributed by atoms with E-state index >= 15 is 0 Å². The highest BCUT2D eigenvalue weighted by Gasteiger charge is 2.32. The predicted octanol–water partition coefficient (Wildman–Crippen LogP) is 2.70. The summed E-state index contributed by atoms with van der Waals surface area (Å²) < 4.78 is 36.3. The molecule has 0 amide bonds. The van der Waals surface area contributed by atoms with Crippen LogP contribution in [-0.2, 0) is 6.18 Å². The van der Waals surface area contributed by atoms with Gasteiger partial charge >= 0.3 is 6.18 Å². The molecule has 12 heavy (non-hydrogen) atoms. The van der Waals surface area contributed by atoms with E-state index in [0.717, 1.165) is 6.07 Å². The standard InChI is InChI=1S/C7H6F3NS/c1-4-5(7(8,9)10)2-3-6(12)11-4/h2-3H,1H3,(H,11,12). The number of thiol groups is 1. The SMILES string of the molecule is Cc1nc(S)ccc1C(F)(F)F. The molecule has 0 saturated carbocycles. The normalized spacial score (nSPS) is 11.8. The summed E-state index contributed by atoms with van der Waals surface area (Å²) in [4.78, 5) is 3.58. The van der Waals surface area contributed by atoms with Crippen molar-refractivity contribution >= 4 is 12.6 Å². The minimum atomic E-state index is -4.32. The van der Waals surface area contributed by atoms with Crippen LogP contribution in [0.4, 0.5) is 13.2 Å². The third-order valence-corrected chi connectivity index (χ3v) is 1.63. The van der Waals surface area contributed by atoms with Crippen molar-refractivity contribution in [3.8, 4) is 0 Å². The highest BCUT2D eigenvalue weighted by Crippen LogP contribution is 2.31. The zero-order valence-corrected chi connectivity index (χ0v) is 7.08. The van der Waals surface area contributed by atoms with Gasteiger partial charge < -0.3 is 0 Å². The minimum Gasteiger partial charge on any atom is -0.246 e. The van der Waals surface area contributed by atoms with E-state index in [-0.39, 0.29) is 5.69 Å². The molecule has 0 saturated heterocycles. The number of aromatic nitrogens is 1. The van der Waals surface area contributed by atoms with E-state index in [1.165, 1.54) is 13.0 Å². The van der Waals surface area contributed by atoms with Crippen molar-refractivity contribution in [1.82, 2.24) is 4.98 Å². The third-order valence-electron chi connectivity index (χ3n) is 1.38. The van der Waals surface area contributed by atoms with Gasteiger partial charge in [0.15, 0.2) is 0 Å². The van der Waals surface area contributed by atoms with E-state index in [4.69, 9.17) is 0 Å². The fourth-order valence-corrected chi connectivity index (χ4v) is 1.07. The Morgan fingerprint density at radius 2 is 1.92 bits per heavy atom. The van der Waals surface area contributed by atoms with E-state index < -0.39 is 11.7 Å². The summed E-state index contributed by atoms with van der Waals surface area (Å²) in [5.74, 6) is 0. The number of hydrogen-bond acceptors (Lipinski definition) is 2. The van der Waals surface area contributed by atoms with Crippen LogP contribution < -0.4 is 0 Å². The number of halogens is 3. The van der Waals surface area contributed by atoms with Gasteiger partial charge in [0.05, 0.1) is 16.3 Å². The molecule has 1 heterocycles. The van der Waals surface area contributed by atoms with Crippen molar-refractivity contribution in [2.45, 2.75) is 18.1 Å². The lowest BCUT2D eigenvalue weighted by Crippen LogP contribution is -2.08. The first-order valence-electron chi connectivity index (χ1n) is 3.15. The van der Waals surface area contributed by atoms with E-state index in [0.29, 0.717) is 5.03 Å². The lowest BCUT2D eigenvalue weighted by Gasteiger charge is -2.08. The average molecular weight is 193 g/mol. The van der Waals surface area contributed by atoms with Crippen molar-refractivity contribution in [3.05, 3.63) is 23.4 Å². The molecule has 0 aliphatic heterocycles. The van der Waals surface area contributed by atoms with Gasteiger partial charge in [-0.15, -0.1) is 12.6 Å². The van der Waals surface area contributed by atoms with Crippen molar-refractivity contribution < 1.29 is 13.2 Å². The van der Waals surface area contributed by atoms with Crippen LogP contribution in [0.2, 0.25) is 0 Å². The summed E-state index contributed by atoms with van der Waals surface area (Å²) in [6.45, 7) is 1.31. The van der Waals surface area contributed by atoms with Crippen LogP contribution in [0.3, 0.4) is 0 Å². The maximum absolute atomic E-state index is 12.1. The summed E-state index contributed by atoms with van der Waals surface area (Å²) >= 11 is 3.82. The molecule has 0 aromatic carbocycles.